The van der Waals surface area contributed by atoms with Gasteiger partial charge in [-0.2, -0.15) is 0 Å². The second-order valence-corrected chi connectivity index (χ2v) is 4.03. The normalized spacial score (nSPS) is 14.9. The molecule has 1 aromatic heterocycles. The van der Waals surface area contributed by atoms with E-state index in [1.165, 1.54) is 0 Å². The summed E-state index contributed by atoms with van der Waals surface area (Å²) in [7, 11) is 0. The molecule has 0 spiro atoms. The quantitative estimate of drug-likeness (QED) is 0.766. The van der Waals surface area contributed by atoms with Crippen LogP contribution in [0.25, 0.3) is 0 Å². The predicted octanol–water partition coefficient (Wildman–Crippen LogP) is 1.08. The Labute approximate surface area is 91.2 Å². The molecule has 1 N–H and O–H groups in total. The largest absolute Gasteiger partial charge is 0.369 e. The van der Waals surface area contributed by atoms with Crippen LogP contribution in [0.3, 0.4) is 0 Å². The first kappa shape index (κ1) is 12.2. The van der Waals surface area contributed by atoms with Gasteiger partial charge in [0.1, 0.15) is 6.10 Å². The molecule has 0 bridgehead atoms. The van der Waals surface area contributed by atoms with Crippen molar-refractivity contribution in [3.8, 4) is 0 Å². The van der Waals surface area contributed by atoms with Gasteiger partial charge in [-0.1, -0.05) is 0 Å². The first-order chi connectivity index (χ1) is 7.13. The lowest BCUT2D eigenvalue weighted by Crippen LogP contribution is -2.15. The van der Waals surface area contributed by atoms with Crippen molar-refractivity contribution in [2.24, 2.45) is 0 Å². The highest BCUT2D eigenvalue weighted by Gasteiger charge is 2.17. The van der Waals surface area contributed by atoms with E-state index in [1.807, 2.05) is 13.8 Å². The predicted molar refractivity (Wildman–Crippen MR) is 56.8 cm³/mol. The topological polar surface area (TPSA) is 72.3 Å². The zero-order valence-electron chi connectivity index (χ0n) is 8.71. The van der Waals surface area contributed by atoms with Crippen molar-refractivity contribution < 1.29 is 13.5 Å². The number of rotatable bonds is 5. The fraction of sp³-hybridized carbons (Fsp3) is 0.556. The molecule has 0 fully saturated rings. The Hall–Kier alpha value is -0.850. The monoisotopic (exact) mass is 230 g/mol. The Morgan fingerprint density at radius 1 is 1.53 bits per heavy atom. The molecule has 0 aromatic carbocycles. The van der Waals surface area contributed by atoms with E-state index < -0.39 is 17.2 Å². The molecule has 0 aliphatic heterocycles. The molecule has 0 radical (unpaired) electrons. The third kappa shape index (κ3) is 4.03. The van der Waals surface area contributed by atoms with Gasteiger partial charge >= 0.3 is 0 Å². The average molecular weight is 230 g/mol. The van der Waals surface area contributed by atoms with Crippen LogP contribution < -0.4 is 0 Å². The molecule has 0 amide bonds. The van der Waals surface area contributed by atoms with Gasteiger partial charge in [0.05, 0.1) is 5.75 Å². The molecule has 6 heteroatoms. The summed E-state index contributed by atoms with van der Waals surface area (Å²) >= 11 is -1.91. The SMILES string of the molecule is CCO[C@H](CS(=O)O)c1ncc(C)cn1. The fourth-order valence-corrected chi connectivity index (χ4v) is 1.60. The Balaban J connectivity index is 2.78. The number of nitrogens with zero attached hydrogens (tertiary/aromatic N) is 2. The maximum Gasteiger partial charge on any atom is 0.158 e. The highest BCUT2D eigenvalue weighted by Crippen LogP contribution is 2.13. The maximum atomic E-state index is 10.7. The van der Waals surface area contributed by atoms with Crippen LogP contribution in [0.5, 0.6) is 0 Å². The molecular weight excluding hydrogens is 216 g/mol. The Bertz CT molecular complexity index is 329. The summed E-state index contributed by atoms with van der Waals surface area (Å²) in [6, 6.07) is 0. The lowest BCUT2D eigenvalue weighted by atomic mass is 10.3. The molecule has 0 saturated carbocycles. The molecule has 2 atom stereocenters. The summed E-state index contributed by atoms with van der Waals surface area (Å²) in [4.78, 5) is 8.14. The van der Waals surface area contributed by atoms with Crippen LogP contribution in [0.1, 0.15) is 24.4 Å². The second kappa shape index (κ2) is 5.89. The Morgan fingerprint density at radius 2 is 2.13 bits per heavy atom. The van der Waals surface area contributed by atoms with Gasteiger partial charge in [0.2, 0.25) is 0 Å². The molecule has 0 aliphatic carbocycles. The van der Waals surface area contributed by atoms with Gasteiger partial charge < -0.3 is 9.29 Å². The van der Waals surface area contributed by atoms with Gasteiger partial charge in [-0.25, -0.2) is 14.2 Å². The van der Waals surface area contributed by atoms with Crippen LogP contribution in [0.15, 0.2) is 12.4 Å². The molecule has 1 rings (SSSR count). The van der Waals surface area contributed by atoms with E-state index in [0.717, 1.165) is 5.56 Å². The highest BCUT2D eigenvalue weighted by atomic mass is 32.2. The molecule has 0 saturated heterocycles. The molecular formula is C9H14N2O3S. The van der Waals surface area contributed by atoms with Gasteiger partial charge in [0, 0.05) is 19.0 Å². The van der Waals surface area contributed by atoms with Gasteiger partial charge in [0.25, 0.3) is 0 Å². The Morgan fingerprint density at radius 3 is 2.60 bits per heavy atom. The van der Waals surface area contributed by atoms with Gasteiger partial charge in [-0.05, 0) is 19.4 Å². The van der Waals surface area contributed by atoms with Crippen molar-refractivity contribution in [2.45, 2.75) is 20.0 Å². The standard InChI is InChI=1S/C9H14N2O3S/c1-3-14-8(6-15(12)13)9-10-4-7(2)5-11-9/h4-5,8H,3,6H2,1-2H3,(H,12,13)/t8-/m1/s1. The third-order valence-corrected chi connectivity index (χ3v) is 2.34. The van der Waals surface area contributed by atoms with Gasteiger partial charge in [-0.15, -0.1) is 0 Å². The number of aromatic nitrogens is 2. The van der Waals surface area contributed by atoms with Crippen molar-refractivity contribution in [3.05, 3.63) is 23.8 Å². The van der Waals surface area contributed by atoms with Gasteiger partial charge in [-0.3, -0.25) is 0 Å². The third-order valence-electron chi connectivity index (χ3n) is 1.75. The number of hydrogen-bond donors (Lipinski definition) is 1. The summed E-state index contributed by atoms with van der Waals surface area (Å²) < 4.78 is 24.8. The molecule has 0 aliphatic rings. The lowest BCUT2D eigenvalue weighted by Gasteiger charge is -2.13. The van der Waals surface area contributed by atoms with Crippen molar-refractivity contribution in [3.63, 3.8) is 0 Å². The van der Waals surface area contributed by atoms with Crippen molar-refractivity contribution in [1.29, 1.82) is 0 Å². The van der Waals surface area contributed by atoms with E-state index in [0.29, 0.717) is 12.4 Å². The minimum absolute atomic E-state index is 0.00307. The van der Waals surface area contributed by atoms with E-state index in [4.69, 9.17) is 9.29 Å². The molecule has 1 aromatic rings. The van der Waals surface area contributed by atoms with E-state index in [9.17, 15) is 4.21 Å². The number of hydrogen-bond acceptors (Lipinski definition) is 4. The molecule has 1 heterocycles. The van der Waals surface area contributed by atoms with Crippen LogP contribution in [-0.4, -0.2) is 31.1 Å². The molecule has 1 unspecified atom stereocenters. The van der Waals surface area contributed by atoms with Crippen LogP contribution >= 0.6 is 0 Å². The average Bonchev–Trinajstić information content (AvgIpc) is 2.17. The van der Waals surface area contributed by atoms with E-state index >= 15 is 0 Å². The summed E-state index contributed by atoms with van der Waals surface area (Å²) in [6.07, 6.45) is 2.81. The van der Waals surface area contributed by atoms with Gasteiger partial charge in [0.15, 0.2) is 16.9 Å². The lowest BCUT2D eigenvalue weighted by molar-refractivity contribution is 0.0720. The van der Waals surface area contributed by atoms with Crippen LogP contribution in [0, 0.1) is 6.92 Å². The minimum Gasteiger partial charge on any atom is -0.369 e. The minimum atomic E-state index is -1.91. The van der Waals surface area contributed by atoms with E-state index in [2.05, 4.69) is 9.97 Å². The summed E-state index contributed by atoms with van der Waals surface area (Å²) in [5.74, 6) is 0.446. The van der Waals surface area contributed by atoms with Crippen molar-refractivity contribution >= 4 is 11.1 Å². The van der Waals surface area contributed by atoms with Crippen molar-refractivity contribution in [2.75, 3.05) is 12.4 Å². The van der Waals surface area contributed by atoms with Crippen molar-refractivity contribution in [1.82, 2.24) is 9.97 Å². The molecule has 15 heavy (non-hydrogen) atoms. The first-order valence-electron chi connectivity index (χ1n) is 4.61. The molecule has 5 nitrogen and oxygen atoms in total. The first-order valence-corrected chi connectivity index (χ1v) is 5.88. The van der Waals surface area contributed by atoms with Crippen LogP contribution in [-0.2, 0) is 15.8 Å². The zero-order chi connectivity index (χ0) is 11.3. The smallest absolute Gasteiger partial charge is 0.158 e. The number of ether oxygens (including phenoxy) is 1. The van der Waals surface area contributed by atoms with E-state index in [1.54, 1.807) is 12.4 Å². The maximum absolute atomic E-state index is 10.7. The molecule has 84 valence electrons. The zero-order valence-corrected chi connectivity index (χ0v) is 9.53. The summed E-state index contributed by atoms with van der Waals surface area (Å²) in [5.41, 5.74) is 0.944. The fourth-order valence-electron chi connectivity index (χ4n) is 1.10. The highest BCUT2D eigenvalue weighted by molar-refractivity contribution is 7.79. The summed E-state index contributed by atoms with van der Waals surface area (Å²) in [6.45, 7) is 4.16. The number of aryl methyl sites for hydroxylation is 1. The summed E-state index contributed by atoms with van der Waals surface area (Å²) in [5, 5.41) is 0. The van der Waals surface area contributed by atoms with Crippen LogP contribution in [0.4, 0.5) is 0 Å². The second-order valence-electron chi connectivity index (χ2n) is 3.05. The van der Waals surface area contributed by atoms with E-state index in [-0.39, 0.29) is 5.75 Å². The van der Waals surface area contributed by atoms with Crippen LogP contribution in [0.2, 0.25) is 0 Å². The Kier molecular flexibility index (Phi) is 4.80.